The van der Waals surface area contributed by atoms with Gasteiger partial charge < -0.3 is 19.5 Å². The summed E-state index contributed by atoms with van der Waals surface area (Å²) in [5.41, 5.74) is -0.131. The summed E-state index contributed by atoms with van der Waals surface area (Å²) in [4.78, 5) is 23.7. The van der Waals surface area contributed by atoms with E-state index in [-0.39, 0.29) is 0 Å². The van der Waals surface area contributed by atoms with Gasteiger partial charge in [0, 0.05) is 12.1 Å². The van der Waals surface area contributed by atoms with Gasteiger partial charge in [-0.25, -0.2) is 4.79 Å². The lowest BCUT2D eigenvalue weighted by Gasteiger charge is -2.21. The first kappa shape index (κ1) is 19.3. The highest BCUT2D eigenvalue weighted by Gasteiger charge is 2.35. The molecule has 1 saturated carbocycles. The van der Waals surface area contributed by atoms with Gasteiger partial charge in [0.2, 0.25) is 0 Å². The number of carbonyl (C=O) groups is 2. The van der Waals surface area contributed by atoms with Crippen molar-refractivity contribution in [2.45, 2.75) is 31.2 Å². The van der Waals surface area contributed by atoms with E-state index in [9.17, 15) is 14.9 Å². The van der Waals surface area contributed by atoms with Gasteiger partial charge in [-0.05, 0) is 49.5 Å². The SMILES string of the molecule is COc1cc(/C=C/C(=O)OCC(=O)NC2(C#N)CCCC2)cc(OC)c1. The van der Waals surface area contributed by atoms with Crippen molar-refractivity contribution in [1.29, 1.82) is 5.26 Å². The molecule has 0 spiro atoms. The molecule has 1 aliphatic rings. The third-order valence-corrected chi connectivity index (χ3v) is 4.18. The van der Waals surface area contributed by atoms with E-state index in [1.54, 1.807) is 24.3 Å². The maximum atomic E-state index is 11.9. The predicted molar refractivity (Wildman–Crippen MR) is 94.5 cm³/mol. The topological polar surface area (TPSA) is 97.6 Å². The average Bonchev–Trinajstić information content (AvgIpc) is 3.13. The molecule has 2 rings (SSSR count). The third kappa shape index (κ3) is 5.24. The van der Waals surface area contributed by atoms with Crippen LogP contribution in [0.2, 0.25) is 0 Å². The van der Waals surface area contributed by atoms with E-state index in [0.29, 0.717) is 29.9 Å². The molecular weight excluding hydrogens is 336 g/mol. The van der Waals surface area contributed by atoms with Crippen molar-refractivity contribution >= 4 is 18.0 Å². The Balaban J connectivity index is 1.87. The van der Waals surface area contributed by atoms with Crippen molar-refractivity contribution in [2.24, 2.45) is 0 Å². The van der Waals surface area contributed by atoms with Crippen LogP contribution in [0.5, 0.6) is 11.5 Å². The monoisotopic (exact) mass is 358 g/mol. The summed E-state index contributed by atoms with van der Waals surface area (Å²) in [5, 5.41) is 11.9. The van der Waals surface area contributed by atoms with Crippen LogP contribution in [0.1, 0.15) is 31.2 Å². The number of hydrogen-bond acceptors (Lipinski definition) is 6. The van der Waals surface area contributed by atoms with Gasteiger partial charge in [0.05, 0.1) is 20.3 Å². The molecule has 1 N–H and O–H groups in total. The summed E-state index contributed by atoms with van der Waals surface area (Å²) < 4.78 is 15.2. The van der Waals surface area contributed by atoms with Crippen molar-refractivity contribution in [3.8, 4) is 17.6 Å². The van der Waals surface area contributed by atoms with Crippen LogP contribution in [-0.2, 0) is 14.3 Å². The molecule has 1 aromatic carbocycles. The summed E-state index contributed by atoms with van der Waals surface area (Å²) in [7, 11) is 3.07. The standard InChI is InChI=1S/C19H22N2O5/c1-24-15-9-14(10-16(11-15)25-2)5-6-18(23)26-12-17(22)21-19(13-20)7-3-4-8-19/h5-6,9-11H,3-4,7-8,12H2,1-2H3,(H,21,22)/b6-5+. The van der Waals surface area contributed by atoms with Crippen LogP contribution >= 0.6 is 0 Å². The highest BCUT2D eigenvalue weighted by atomic mass is 16.5. The Hall–Kier alpha value is -3.01. The Bertz CT molecular complexity index is 708. The molecule has 0 heterocycles. The van der Waals surface area contributed by atoms with Crippen molar-refractivity contribution in [1.82, 2.24) is 5.32 Å². The number of nitrogens with one attached hydrogen (secondary N) is 1. The molecule has 0 atom stereocenters. The van der Waals surface area contributed by atoms with Gasteiger partial charge in [0.1, 0.15) is 17.0 Å². The third-order valence-electron chi connectivity index (χ3n) is 4.18. The summed E-state index contributed by atoms with van der Waals surface area (Å²) in [5.74, 6) is 0.0582. The van der Waals surface area contributed by atoms with E-state index < -0.39 is 24.0 Å². The largest absolute Gasteiger partial charge is 0.497 e. The zero-order chi connectivity index (χ0) is 19.0. The quantitative estimate of drug-likeness (QED) is 0.593. The van der Waals surface area contributed by atoms with Crippen LogP contribution in [-0.4, -0.2) is 38.2 Å². The summed E-state index contributed by atoms with van der Waals surface area (Å²) in [6.07, 6.45) is 5.82. The van der Waals surface area contributed by atoms with Gasteiger partial charge in [0.15, 0.2) is 6.61 Å². The van der Waals surface area contributed by atoms with E-state index in [2.05, 4.69) is 11.4 Å². The van der Waals surface area contributed by atoms with Crippen molar-refractivity contribution in [3.63, 3.8) is 0 Å². The minimum absolute atomic E-state index is 0.423. The highest BCUT2D eigenvalue weighted by Crippen LogP contribution is 2.28. The number of ether oxygens (including phenoxy) is 3. The smallest absolute Gasteiger partial charge is 0.331 e. The highest BCUT2D eigenvalue weighted by molar-refractivity contribution is 5.89. The lowest BCUT2D eigenvalue weighted by molar-refractivity contribution is -0.144. The molecule has 7 heteroatoms. The second-order valence-corrected chi connectivity index (χ2v) is 6.04. The average molecular weight is 358 g/mol. The number of nitriles is 1. The van der Waals surface area contributed by atoms with Gasteiger partial charge in [0.25, 0.3) is 5.91 Å². The minimum Gasteiger partial charge on any atom is -0.497 e. The van der Waals surface area contributed by atoms with Gasteiger partial charge in [-0.15, -0.1) is 0 Å². The Morgan fingerprint density at radius 2 is 1.81 bits per heavy atom. The number of hydrogen-bond donors (Lipinski definition) is 1. The Morgan fingerprint density at radius 3 is 2.35 bits per heavy atom. The number of esters is 1. The first-order valence-electron chi connectivity index (χ1n) is 8.30. The summed E-state index contributed by atoms with van der Waals surface area (Å²) in [6.45, 7) is -0.423. The molecule has 0 saturated heterocycles. The van der Waals surface area contributed by atoms with Crippen LogP contribution < -0.4 is 14.8 Å². The lowest BCUT2D eigenvalue weighted by Crippen LogP contribution is -2.46. The normalized spacial score (nSPS) is 15.3. The maximum Gasteiger partial charge on any atom is 0.331 e. The first-order valence-corrected chi connectivity index (χ1v) is 8.30. The summed E-state index contributed by atoms with van der Waals surface area (Å²) >= 11 is 0. The maximum absolute atomic E-state index is 11.9. The molecular formula is C19H22N2O5. The molecule has 26 heavy (non-hydrogen) atoms. The van der Waals surface area contributed by atoms with E-state index in [1.165, 1.54) is 20.3 Å². The molecule has 138 valence electrons. The van der Waals surface area contributed by atoms with Gasteiger partial charge in [-0.1, -0.05) is 0 Å². The van der Waals surface area contributed by atoms with Crippen LogP contribution in [0.3, 0.4) is 0 Å². The van der Waals surface area contributed by atoms with Crippen LogP contribution in [0.15, 0.2) is 24.3 Å². The molecule has 0 radical (unpaired) electrons. The fourth-order valence-corrected chi connectivity index (χ4v) is 2.82. The second-order valence-electron chi connectivity index (χ2n) is 6.04. The van der Waals surface area contributed by atoms with Crippen molar-refractivity contribution in [2.75, 3.05) is 20.8 Å². The fourth-order valence-electron chi connectivity index (χ4n) is 2.82. The van der Waals surface area contributed by atoms with Gasteiger partial charge in [-0.2, -0.15) is 5.26 Å². The first-order chi connectivity index (χ1) is 12.5. The number of amides is 1. The predicted octanol–water partition coefficient (Wildman–Crippen LogP) is 2.21. The Labute approximate surface area is 152 Å². The number of methoxy groups -OCH3 is 2. The number of carbonyl (C=O) groups excluding carboxylic acids is 2. The summed E-state index contributed by atoms with van der Waals surface area (Å²) in [6, 6.07) is 7.33. The minimum atomic E-state index is -0.823. The fraction of sp³-hybridized carbons (Fsp3) is 0.421. The zero-order valence-electron chi connectivity index (χ0n) is 14.9. The van der Waals surface area contributed by atoms with Gasteiger partial charge >= 0.3 is 5.97 Å². The zero-order valence-corrected chi connectivity index (χ0v) is 14.9. The molecule has 0 unspecified atom stereocenters. The second kappa shape index (κ2) is 8.90. The Kier molecular flexibility index (Phi) is 6.61. The van der Waals surface area contributed by atoms with E-state index >= 15 is 0 Å². The number of nitrogens with zero attached hydrogens (tertiary/aromatic N) is 1. The lowest BCUT2D eigenvalue weighted by atomic mass is 10.00. The number of benzene rings is 1. The molecule has 1 aliphatic carbocycles. The van der Waals surface area contributed by atoms with Crippen LogP contribution in [0, 0.1) is 11.3 Å². The molecule has 0 aromatic heterocycles. The Morgan fingerprint density at radius 1 is 1.19 bits per heavy atom. The molecule has 1 fully saturated rings. The van der Waals surface area contributed by atoms with Crippen molar-refractivity contribution in [3.05, 3.63) is 29.8 Å². The molecule has 1 aromatic rings. The van der Waals surface area contributed by atoms with E-state index in [4.69, 9.17) is 14.2 Å². The molecule has 7 nitrogen and oxygen atoms in total. The number of rotatable bonds is 7. The van der Waals surface area contributed by atoms with Crippen LogP contribution in [0.25, 0.3) is 6.08 Å². The molecule has 1 amide bonds. The van der Waals surface area contributed by atoms with Crippen molar-refractivity contribution < 1.29 is 23.8 Å². The van der Waals surface area contributed by atoms with E-state index in [1.807, 2.05) is 0 Å². The molecule has 0 aliphatic heterocycles. The molecule has 0 bridgehead atoms. The van der Waals surface area contributed by atoms with Crippen LogP contribution in [0.4, 0.5) is 0 Å². The van der Waals surface area contributed by atoms with E-state index in [0.717, 1.165) is 12.8 Å². The van der Waals surface area contributed by atoms with Gasteiger partial charge in [-0.3, -0.25) is 4.79 Å².